The third-order valence-corrected chi connectivity index (χ3v) is 14.5. The van der Waals surface area contributed by atoms with Crippen LogP contribution in [0.25, 0.3) is 33.1 Å². The van der Waals surface area contributed by atoms with E-state index in [0.29, 0.717) is 48.4 Å². The van der Waals surface area contributed by atoms with E-state index in [0.717, 1.165) is 115 Å². The van der Waals surface area contributed by atoms with Crippen LogP contribution in [0.4, 0.5) is 17.5 Å². The molecule has 0 radical (unpaired) electrons. The van der Waals surface area contributed by atoms with E-state index in [1.165, 1.54) is 19.0 Å². The predicted octanol–water partition coefficient (Wildman–Crippen LogP) is 5.53. The molecule has 21 nitrogen and oxygen atoms in total. The third kappa shape index (κ3) is 9.84. The van der Waals surface area contributed by atoms with Gasteiger partial charge in [0.15, 0.2) is 16.9 Å². The van der Waals surface area contributed by atoms with Crippen molar-refractivity contribution in [3.05, 3.63) is 48.5 Å². The molecule has 7 heterocycles. The van der Waals surface area contributed by atoms with Crippen molar-refractivity contribution < 1.29 is 17.7 Å². The van der Waals surface area contributed by atoms with Crippen molar-refractivity contribution in [1.29, 1.82) is 0 Å². The Morgan fingerprint density at radius 3 is 1.34 bits per heavy atom. The number of nitrogen functional groups attached to an aromatic ring is 3. The molecule has 3 aliphatic rings. The summed E-state index contributed by atoms with van der Waals surface area (Å²) < 4.78 is 37.9. The lowest BCUT2D eigenvalue weighted by Crippen LogP contribution is -2.26. The van der Waals surface area contributed by atoms with Gasteiger partial charge in [-0.2, -0.15) is 28.8 Å². The summed E-state index contributed by atoms with van der Waals surface area (Å²) in [5.74, 6) is 1.41. The van der Waals surface area contributed by atoms with E-state index >= 15 is 0 Å². The minimum Gasteiger partial charge on any atom is -0.393 e. The maximum absolute atomic E-state index is 11.2. The van der Waals surface area contributed by atoms with Crippen LogP contribution in [0.3, 0.4) is 0 Å². The summed E-state index contributed by atoms with van der Waals surface area (Å²) in [6, 6.07) is 3.31. The molecule has 0 aromatic carbocycles. The number of aliphatic hydroxyl groups is 1. The number of aliphatic hydroxyl groups excluding tert-OH is 1. The molecule has 0 unspecified atom stereocenters. The third-order valence-electron chi connectivity index (χ3n) is 11.6. The number of aromatic nitrogens is 14. The van der Waals surface area contributed by atoms with Gasteiger partial charge < -0.3 is 22.3 Å². The van der Waals surface area contributed by atoms with Crippen molar-refractivity contribution >= 4 is 128 Å². The number of nitrogens with two attached hydrogens (primary N) is 3. The zero-order valence-corrected chi connectivity index (χ0v) is 40.9. The first-order valence-electron chi connectivity index (χ1n) is 20.2. The van der Waals surface area contributed by atoms with E-state index in [9.17, 15) is 13.5 Å². The molecule has 7 aromatic heterocycles. The lowest BCUT2D eigenvalue weighted by molar-refractivity contribution is 0.108. The van der Waals surface area contributed by atoms with E-state index in [1.807, 2.05) is 32.5 Å². The summed E-state index contributed by atoms with van der Waals surface area (Å²) in [4.78, 5) is 25.1. The van der Waals surface area contributed by atoms with Gasteiger partial charge in [0.1, 0.15) is 47.5 Å². The Balaban J connectivity index is 0.000000129. The Hall–Kier alpha value is -3.68. The summed E-state index contributed by atoms with van der Waals surface area (Å²) in [6.07, 6.45) is 19.8. The lowest BCUT2D eigenvalue weighted by Gasteiger charge is -2.29. The zero-order chi connectivity index (χ0) is 43.7. The van der Waals surface area contributed by atoms with E-state index in [2.05, 4.69) is 123 Å². The molecule has 0 saturated heterocycles. The van der Waals surface area contributed by atoms with Crippen molar-refractivity contribution in [3.63, 3.8) is 0 Å². The highest BCUT2D eigenvalue weighted by atomic mass is 127. The van der Waals surface area contributed by atoms with E-state index in [4.69, 9.17) is 21.4 Å². The molecule has 3 fully saturated rings. The number of nitrogens with zero attached hydrogens (tertiary/aromatic N) is 14. The molecule has 0 atom stereocenters. The molecule has 3 saturated carbocycles. The van der Waals surface area contributed by atoms with Crippen molar-refractivity contribution in [3.8, 4) is 0 Å². The van der Waals surface area contributed by atoms with Gasteiger partial charge in [0, 0.05) is 12.4 Å². The van der Waals surface area contributed by atoms with Crippen LogP contribution in [-0.4, -0.2) is 101 Å². The summed E-state index contributed by atoms with van der Waals surface area (Å²) in [6.45, 7) is 0. The monoisotopic (exact) mass is 1210 g/mol. The Bertz CT molecular complexity index is 2760. The zero-order valence-electron chi connectivity index (χ0n) is 33.6. The minimum absolute atomic E-state index is 0.165. The molecule has 62 heavy (non-hydrogen) atoms. The van der Waals surface area contributed by atoms with Crippen LogP contribution in [0.5, 0.6) is 0 Å². The van der Waals surface area contributed by atoms with E-state index in [1.54, 1.807) is 0 Å². The Morgan fingerprint density at radius 1 is 0.597 bits per heavy atom. The van der Waals surface area contributed by atoms with Gasteiger partial charge in [0.2, 0.25) is 0 Å². The molecule has 0 amide bonds. The number of halogens is 3. The van der Waals surface area contributed by atoms with Gasteiger partial charge in [-0.25, -0.2) is 43.9 Å². The maximum atomic E-state index is 11.2. The largest absolute Gasteiger partial charge is 0.393 e. The van der Waals surface area contributed by atoms with Gasteiger partial charge in [-0.3, -0.25) is 8.86 Å². The van der Waals surface area contributed by atoms with Crippen molar-refractivity contribution in [1.82, 2.24) is 69.0 Å². The average molecular weight is 1210 g/mol. The predicted molar refractivity (Wildman–Crippen MR) is 257 cm³/mol. The van der Waals surface area contributed by atoms with Crippen molar-refractivity contribution in [2.45, 2.75) is 113 Å². The fourth-order valence-corrected chi connectivity index (χ4v) is 11.6. The summed E-state index contributed by atoms with van der Waals surface area (Å²) in [7, 11) is -3.40. The van der Waals surface area contributed by atoms with Crippen LogP contribution in [0, 0.1) is 11.1 Å². The standard InChI is InChI=1S/C14H16IN7.C12H16IN5O3S.C11H14IN5O/c15-12-11-13(16)17-8-18-14(11)22(20-12)10-4-2-9(3-5-10)21-7-1-6-19-21;1-22(19,20)21-8-4-2-7(3-5-8)18-12-9(10(13)17-18)11(14)15-6-16-12;12-9-8-10(13)14-5-15-11(8)17(16-9)6-1-3-7(18)4-2-6/h1,6-10H,2-5H2,(H2,16,17,18);6-8H,2-5H2,1H3,(H2,14,15,16);5-7,18H,1-4H2,(H2,13,14,15). The second-order valence-electron chi connectivity index (χ2n) is 15.7. The first-order valence-corrected chi connectivity index (χ1v) is 25.3. The maximum Gasteiger partial charge on any atom is 0.264 e. The first kappa shape index (κ1) is 44.9. The number of fused-ring (bicyclic) bond motifs is 3. The minimum atomic E-state index is -3.40. The van der Waals surface area contributed by atoms with E-state index in [-0.39, 0.29) is 18.2 Å². The van der Waals surface area contributed by atoms with Crippen LogP contribution < -0.4 is 17.2 Å². The second kappa shape index (κ2) is 19.2. The van der Waals surface area contributed by atoms with E-state index < -0.39 is 10.1 Å². The normalized spacial score (nSPS) is 23.2. The van der Waals surface area contributed by atoms with Gasteiger partial charge in [0.05, 0.1) is 58.8 Å². The Labute approximate surface area is 397 Å². The SMILES string of the molecule is CS(=O)(=O)OC1CCC(n2nc(I)c3c(N)ncnc32)CC1.Nc1ncnc2c1c(I)nn2C1CCC(O)CC1.Nc1ncnc2c1c(I)nn2C1CCC(n2cccn2)CC1. The van der Waals surface area contributed by atoms with Gasteiger partial charge in [-0.1, -0.05) is 0 Å². The number of rotatable bonds is 6. The highest BCUT2D eigenvalue weighted by Crippen LogP contribution is 2.38. The summed E-state index contributed by atoms with van der Waals surface area (Å²) in [5, 5.41) is 30.1. The van der Waals surface area contributed by atoms with Crippen LogP contribution in [0.2, 0.25) is 0 Å². The molecule has 25 heteroatoms. The molecule has 0 bridgehead atoms. The molecular formula is C37H46I3N17O4S. The van der Waals surface area contributed by atoms with Crippen molar-refractivity contribution in [2.75, 3.05) is 23.5 Å². The van der Waals surface area contributed by atoms with Crippen LogP contribution in [-0.2, 0) is 14.3 Å². The quantitative estimate of drug-likeness (QED) is 0.118. The number of hydrogen-bond donors (Lipinski definition) is 4. The summed E-state index contributed by atoms with van der Waals surface area (Å²) in [5.41, 5.74) is 20.1. The van der Waals surface area contributed by atoms with Gasteiger partial charge in [-0.05, 0) is 151 Å². The summed E-state index contributed by atoms with van der Waals surface area (Å²) >= 11 is 6.50. The molecule has 10 rings (SSSR count). The highest BCUT2D eigenvalue weighted by molar-refractivity contribution is 14.1. The van der Waals surface area contributed by atoms with Crippen LogP contribution in [0.15, 0.2) is 37.4 Å². The smallest absolute Gasteiger partial charge is 0.264 e. The van der Waals surface area contributed by atoms with Crippen molar-refractivity contribution in [2.24, 2.45) is 0 Å². The Morgan fingerprint density at radius 2 is 0.968 bits per heavy atom. The second-order valence-corrected chi connectivity index (χ2v) is 20.4. The van der Waals surface area contributed by atoms with Gasteiger partial charge >= 0.3 is 0 Å². The average Bonchev–Trinajstić information content (AvgIpc) is 4.05. The van der Waals surface area contributed by atoms with Gasteiger partial charge in [0.25, 0.3) is 10.1 Å². The molecule has 3 aliphatic carbocycles. The fourth-order valence-electron chi connectivity index (χ4n) is 8.62. The number of hydrogen-bond acceptors (Lipinski definition) is 17. The van der Waals surface area contributed by atoms with Gasteiger partial charge in [-0.15, -0.1) is 0 Å². The molecule has 0 aliphatic heterocycles. The number of anilines is 3. The fraction of sp³-hybridized carbons (Fsp3) is 0.514. The molecular weight excluding hydrogens is 1160 g/mol. The van der Waals surface area contributed by atoms with Crippen LogP contribution in [0.1, 0.15) is 101 Å². The molecule has 0 spiro atoms. The molecule has 7 aromatic rings. The lowest BCUT2D eigenvalue weighted by atomic mass is 9.91. The first-order chi connectivity index (χ1) is 29.8. The highest BCUT2D eigenvalue weighted by Gasteiger charge is 2.30. The Kier molecular flexibility index (Phi) is 13.9. The van der Waals surface area contributed by atoms with Crippen LogP contribution >= 0.6 is 67.8 Å². The molecule has 7 N–H and O–H groups in total. The topological polar surface area (TPSA) is 290 Å². The molecule has 330 valence electrons.